The molecule has 0 saturated carbocycles. The van der Waals surface area contributed by atoms with Crippen molar-refractivity contribution in [2.24, 2.45) is 5.92 Å². The normalized spacial score (nSPS) is 28.2. The Bertz CT molecular complexity index is 474. The number of fused-ring (bicyclic) bond motifs is 3. The number of carbonyl (C=O) groups excluding carboxylic acids is 1. The van der Waals surface area contributed by atoms with Crippen LogP contribution in [0.5, 0.6) is 0 Å². The van der Waals surface area contributed by atoms with Crippen LogP contribution in [0.3, 0.4) is 0 Å². The average molecular weight is 234 g/mol. The average Bonchev–Trinajstić information content (AvgIpc) is 2.61. The molecule has 0 aliphatic carbocycles. The van der Waals surface area contributed by atoms with E-state index in [2.05, 4.69) is 17.3 Å². The number of likely N-dealkylation sites (tertiary alicyclic amines) is 1. The van der Waals surface area contributed by atoms with Crippen LogP contribution in [0.15, 0.2) is 18.2 Å². The van der Waals surface area contributed by atoms with Crippen LogP contribution in [0.4, 0.5) is 4.39 Å². The van der Waals surface area contributed by atoms with E-state index < -0.39 is 5.82 Å². The number of nitrogens with one attached hydrogen (secondary N) is 1. The number of rotatable bonds is 0. The first kappa shape index (κ1) is 10.7. The summed E-state index contributed by atoms with van der Waals surface area (Å²) in [5.41, 5.74) is 1.12. The van der Waals surface area contributed by atoms with Gasteiger partial charge >= 0.3 is 0 Å². The van der Waals surface area contributed by atoms with Gasteiger partial charge < -0.3 is 10.2 Å². The van der Waals surface area contributed by atoms with Crippen molar-refractivity contribution in [3.05, 3.63) is 35.1 Å². The molecule has 0 bridgehead atoms. The Labute approximate surface area is 99.6 Å². The van der Waals surface area contributed by atoms with Crippen molar-refractivity contribution >= 4 is 5.91 Å². The fourth-order valence-corrected chi connectivity index (χ4v) is 3.05. The zero-order valence-corrected chi connectivity index (χ0v) is 9.74. The third-order valence-corrected chi connectivity index (χ3v) is 3.82. The van der Waals surface area contributed by atoms with Crippen LogP contribution in [0.25, 0.3) is 0 Å². The van der Waals surface area contributed by atoms with Crippen molar-refractivity contribution in [3.8, 4) is 0 Å². The van der Waals surface area contributed by atoms with Gasteiger partial charge in [-0.05, 0) is 24.6 Å². The third kappa shape index (κ3) is 1.63. The van der Waals surface area contributed by atoms with Crippen molar-refractivity contribution in [2.45, 2.75) is 5.92 Å². The Balaban J connectivity index is 2.13. The summed E-state index contributed by atoms with van der Waals surface area (Å²) in [5.74, 6) is -0.0120. The highest BCUT2D eigenvalue weighted by Crippen LogP contribution is 2.36. The highest BCUT2D eigenvalue weighted by Gasteiger charge is 2.37. The Hall–Kier alpha value is -1.42. The van der Waals surface area contributed by atoms with Gasteiger partial charge in [-0.1, -0.05) is 12.1 Å². The molecule has 1 aromatic carbocycles. The van der Waals surface area contributed by atoms with Crippen molar-refractivity contribution in [3.63, 3.8) is 0 Å². The maximum Gasteiger partial charge on any atom is 0.254 e. The molecule has 2 atom stereocenters. The molecule has 1 saturated heterocycles. The van der Waals surface area contributed by atoms with E-state index in [-0.39, 0.29) is 17.4 Å². The zero-order valence-electron chi connectivity index (χ0n) is 9.74. The Morgan fingerprint density at radius 3 is 3.06 bits per heavy atom. The smallest absolute Gasteiger partial charge is 0.254 e. The predicted octanol–water partition coefficient (Wildman–Crippen LogP) is 1.21. The fourth-order valence-electron chi connectivity index (χ4n) is 3.05. The molecule has 0 unspecified atom stereocenters. The van der Waals surface area contributed by atoms with Gasteiger partial charge in [-0.3, -0.25) is 4.79 Å². The molecule has 1 N–H and O–H groups in total. The van der Waals surface area contributed by atoms with E-state index >= 15 is 0 Å². The maximum absolute atomic E-state index is 13.8. The summed E-state index contributed by atoms with van der Waals surface area (Å²) in [6.07, 6.45) is 0. The van der Waals surface area contributed by atoms with Gasteiger partial charge in [0, 0.05) is 25.6 Å². The van der Waals surface area contributed by atoms with Crippen molar-refractivity contribution in [1.29, 1.82) is 0 Å². The molecule has 2 aliphatic rings. The Morgan fingerprint density at radius 1 is 1.41 bits per heavy atom. The number of likely N-dealkylation sites (N-methyl/N-ethyl adjacent to an activating group) is 1. The van der Waals surface area contributed by atoms with Crippen LogP contribution in [0, 0.1) is 11.7 Å². The Kier molecular flexibility index (Phi) is 2.40. The lowest BCUT2D eigenvalue weighted by Crippen LogP contribution is -2.29. The zero-order chi connectivity index (χ0) is 12.0. The SMILES string of the molecule is CN1C[C@H]2CNC(=O)c3c(F)cccc3[C@@H]2C1. The number of hydrogen-bond donors (Lipinski definition) is 1. The van der Waals surface area contributed by atoms with Gasteiger partial charge in [-0.15, -0.1) is 0 Å². The van der Waals surface area contributed by atoms with Crippen LogP contribution in [-0.2, 0) is 0 Å². The summed E-state index contributed by atoms with van der Waals surface area (Å²) < 4.78 is 13.8. The summed E-state index contributed by atoms with van der Waals surface area (Å²) >= 11 is 0. The van der Waals surface area contributed by atoms with Crippen LogP contribution in [0.2, 0.25) is 0 Å². The lowest BCUT2D eigenvalue weighted by atomic mass is 9.87. The largest absolute Gasteiger partial charge is 0.352 e. The molecular formula is C13H15FN2O. The van der Waals surface area contributed by atoms with E-state index in [9.17, 15) is 9.18 Å². The van der Waals surface area contributed by atoms with E-state index in [1.165, 1.54) is 6.07 Å². The molecule has 1 amide bonds. The number of carbonyl (C=O) groups is 1. The summed E-state index contributed by atoms with van der Waals surface area (Å²) in [4.78, 5) is 14.1. The van der Waals surface area contributed by atoms with Crippen molar-refractivity contribution < 1.29 is 9.18 Å². The first-order chi connectivity index (χ1) is 8.16. The molecule has 1 fully saturated rings. The standard InChI is InChI=1S/C13H15FN2O/c1-16-6-8-5-15-13(17)12-9(10(8)7-16)3-2-4-11(12)14/h2-4,8,10H,5-7H2,1H3,(H,15,17)/t8-,10-/m1/s1. The van der Waals surface area contributed by atoms with Gasteiger partial charge in [-0.2, -0.15) is 0 Å². The second kappa shape index (κ2) is 3.81. The summed E-state index contributed by atoms with van der Waals surface area (Å²) in [6.45, 7) is 2.50. The third-order valence-electron chi connectivity index (χ3n) is 3.82. The molecule has 2 heterocycles. The van der Waals surface area contributed by atoms with Crippen LogP contribution >= 0.6 is 0 Å². The topological polar surface area (TPSA) is 32.3 Å². The Morgan fingerprint density at radius 2 is 2.24 bits per heavy atom. The molecule has 17 heavy (non-hydrogen) atoms. The van der Waals surface area contributed by atoms with Crippen LogP contribution in [0.1, 0.15) is 21.8 Å². The minimum atomic E-state index is -0.407. The molecule has 0 radical (unpaired) electrons. The molecule has 2 aliphatic heterocycles. The van der Waals surface area contributed by atoms with Gasteiger partial charge in [-0.25, -0.2) is 4.39 Å². The first-order valence-electron chi connectivity index (χ1n) is 5.92. The molecule has 4 heteroatoms. The second-order valence-corrected chi connectivity index (χ2v) is 5.00. The van der Waals surface area contributed by atoms with Gasteiger partial charge in [0.2, 0.25) is 0 Å². The number of halogens is 1. The molecular weight excluding hydrogens is 219 g/mol. The highest BCUT2D eigenvalue weighted by molar-refractivity contribution is 5.96. The van der Waals surface area contributed by atoms with Gasteiger partial charge in [0.1, 0.15) is 5.82 Å². The predicted molar refractivity (Wildman–Crippen MR) is 62.5 cm³/mol. The van der Waals surface area contributed by atoms with Crippen LogP contribution in [-0.4, -0.2) is 37.5 Å². The highest BCUT2D eigenvalue weighted by atomic mass is 19.1. The number of hydrogen-bond acceptors (Lipinski definition) is 2. The van der Waals surface area contributed by atoms with E-state index in [1.807, 2.05) is 6.07 Å². The van der Waals surface area contributed by atoms with Crippen LogP contribution < -0.4 is 5.32 Å². The second-order valence-electron chi connectivity index (χ2n) is 5.00. The maximum atomic E-state index is 13.8. The van der Waals surface area contributed by atoms with E-state index in [0.717, 1.165) is 18.7 Å². The summed E-state index contributed by atoms with van der Waals surface area (Å²) in [5, 5.41) is 2.83. The van der Waals surface area contributed by atoms with Crippen molar-refractivity contribution in [2.75, 3.05) is 26.7 Å². The van der Waals surface area contributed by atoms with Gasteiger partial charge in [0.25, 0.3) is 5.91 Å². The lowest BCUT2D eigenvalue weighted by Gasteiger charge is -2.16. The van der Waals surface area contributed by atoms with E-state index in [1.54, 1.807) is 6.07 Å². The van der Waals surface area contributed by atoms with E-state index in [0.29, 0.717) is 12.5 Å². The fraction of sp³-hybridized carbons (Fsp3) is 0.462. The quantitative estimate of drug-likeness (QED) is 0.732. The molecule has 3 rings (SSSR count). The first-order valence-corrected chi connectivity index (χ1v) is 5.92. The van der Waals surface area contributed by atoms with Crippen molar-refractivity contribution in [1.82, 2.24) is 10.2 Å². The minimum Gasteiger partial charge on any atom is -0.352 e. The molecule has 1 aromatic rings. The lowest BCUT2D eigenvalue weighted by molar-refractivity contribution is 0.0947. The molecule has 90 valence electrons. The molecule has 0 spiro atoms. The number of amides is 1. The molecule has 3 nitrogen and oxygen atoms in total. The summed E-state index contributed by atoms with van der Waals surface area (Å²) in [6, 6.07) is 4.94. The van der Waals surface area contributed by atoms with Gasteiger partial charge in [0.15, 0.2) is 0 Å². The monoisotopic (exact) mass is 234 g/mol. The molecule has 0 aromatic heterocycles. The number of benzene rings is 1. The minimum absolute atomic E-state index is 0.246. The number of nitrogens with zero attached hydrogens (tertiary/aromatic N) is 1. The summed E-state index contributed by atoms with van der Waals surface area (Å²) in [7, 11) is 2.06. The van der Waals surface area contributed by atoms with Gasteiger partial charge in [0.05, 0.1) is 5.56 Å². The van der Waals surface area contributed by atoms with E-state index in [4.69, 9.17) is 0 Å².